The van der Waals surface area contributed by atoms with Gasteiger partial charge in [0.25, 0.3) is 5.56 Å². The van der Waals surface area contributed by atoms with Crippen LogP contribution in [-0.2, 0) is 30.4 Å². The quantitative estimate of drug-likeness (QED) is 0.587. The molecule has 0 N–H and O–H groups in total. The van der Waals surface area contributed by atoms with Crippen LogP contribution in [0.25, 0.3) is 11.2 Å². The lowest BCUT2D eigenvalue weighted by Gasteiger charge is -2.07. The van der Waals surface area contributed by atoms with E-state index >= 15 is 0 Å². The molecule has 8 heteroatoms. The second-order valence-corrected chi connectivity index (χ2v) is 5.19. The average Bonchev–Trinajstić information content (AvgIpc) is 2.93. The van der Waals surface area contributed by atoms with Crippen LogP contribution in [0.5, 0.6) is 0 Å². The molecule has 2 heterocycles. The highest BCUT2D eigenvalue weighted by molar-refractivity contribution is 5.71. The molecule has 23 heavy (non-hydrogen) atoms. The van der Waals surface area contributed by atoms with Gasteiger partial charge in [-0.1, -0.05) is 27.2 Å². The van der Waals surface area contributed by atoms with Gasteiger partial charge in [-0.15, -0.1) is 0 Å². The van der Waals surface area contributed by atoms with Crippen molar-refractivity contribution in [1.29, 1.82) is 0 Å². The Kier molecular flexibility index (Phi) is 6.29. The Bertz CT molecular complexity index is 800. The first kappa shape index (κ1) is 18.7. The van der Waals surface area contributed by atoms with Crippen molar-refractivity contribution in [3.05, 3.63) is 27.2 Å². The summed E-state index contributed by atoms with van der Waals surface area (Å²) in [4.78, 5) is 39.7. The van der Waals surface area contributed by atoms with Crippen molar-refractivity contribution in [1.82, 2.24) is 18.7 Å². The van der Waals surface area contributed by atoms with Crippen LogP contribution in [-0.4, -0.2) is 24.7 Å². The number of carbonyl (C=O) groups is 1. The Morgan fingerprint density at radius 2 is 1.91 bits per heavy atom. The fourth-order valence-electron chi connectivity index (χ4n) is 2.23. The number of esters is 1. The van der Waals surface area contributed by atoms with Gasteiger partial charge in [0.1, 0.15) is 6.33 Å². The molecule has 2 aromatic heterocycles. The molecule has 128 valence electrons. The molecule has 8 nitrogen and oxygen atoms in total. The Balaban J connectivity index is 0.00000264. The highest BCUT2D eigenvalue weighted by atomic mass is 16.5. The van der Waals surface area contributed by atoms with Gasteiger partial charge in [0.2, 0.25) is 0 Å². The van der Waals surface area contributed by atoms with Crippen LogP contribution < -0.4 is 11.2 Å². The number of fused-ring (bicyclic) bond motifs is 1. The van der Waals surface area contributed by atoms with Gasteiger partial charge in [-0.3, -0.25) is 23.3 Å². The zero-order valence-corrected chi connectivity index (χ0v) is 13.0. The predicted molar refractivity (Wildman–Crippen MR) is 87.2 cm³/mol. The van der Waals surface area contributed by atoms with Crippen molar-refractivity contribution in [2.24, 2.45) is 14.1 Å². The minimum Gasteiger partial charge on any atom is -0.444 e. The van der Waals surface area contributed by atoms with Crippen molar-refractivity contribution in [2.45, 2.75) is 46.8 Å². The Morgan fingerprint density at radius 1 is 1.22 bits per heavy atom. The number of ether oxygens (including phenoxy) is 1. The number of imidazole rings is 1. The summed E-state index contributed by atoms with van der Waals surface area (Å²) in [7, 11) is 2.94. The third kappa shape index (κ3) is 3.69. The molecule has 0 aliphatic rings. The summed E-state index contributed by atoms with van der Waals surface area (Å²) in [5, 5.41) is 0. The number of aromatic nitrogens is 4. The standard InChI is InChI=1S/C14H20N4O4.CH4/c1-4-5-6-7-10(19)22-9-18-8-15-12-11(18)13(20)17(3)14(21)16(12)2;/h8H,4-7,9H2,1-3H3;1H4. The summed E-state index contributed by atoms with van der Waals surface area (Å²) in [6, 6.07) is 0. The Hall–Kier alpha value is -2.38. The number of unbranched alkanes of at least 4 members (excludes halogenated alkanes) is 2. The fraction of sp³-hybridized carbons (Fsp3) is 0.600. The van der Waals surface area contributed by atoms with E-state index < -0.39 is 11.2 Å². The molecule has 0 aliphatic carbocycles. The molecule has 0 saturated heterocycles. The van der Waals surface area contributed by atoms with E-state index in [0.29, 0.717) is 6.42 Å². The van der Waals surface area contributed by atoms with E-state index in [2.05, 4.69) is 11.9 Å². The molecule has 0 saturated carbocycles. The van der Waals surface area contributed by atoms with E-state index in [9.17, 15) is 14.4 Å². The molecule has 0 amide bonds. The summed E-state index contributed by atoms with van der Waals surface area (Å²) in [5.41, 5.74) is -0.391. The largest absolute Gasteiger partial charge is 0.444 e. The minimum absolute atomic E-state index is 0. The molecule has 2 aromatic rings. The van der Waals surface area contributed by atoms with Crippen LogP contribution in [0.3, 0.4) is 0 Å². The molecule has 0 fully saturated rings. The van der Waals surface area contributed by atoms with Gasteiger partial charge >= 0.3 is 11.7 Å². The maximum Gasteiger partial charge on any atom is 0.332 e. The molecule has 0 bridgehead atoms. The number of rotatable bonds is 6. The van der Waals surface area contributed by atoms with E-state index in [0.717, 1.165) is 23.8 Å². The predicted octanol–water partition coefficient (Wildman–Crippen LogP) is 1.15. The first-order valence-corrected chi connectivity index (χ1v) is 7.23. The monoisotopic (exact) mass is 324 g/mol. The van der Waals surface area contributed by atoms with Crippen LogP contribution in [0.2, 0.25) is 0 Å². The van der Waals surface area contributed by atoms with E-state index in [-0.39, 0.29) is 31.3 Å². The molecule has 0 unspecified atom stereocenters. The third-order valence-corrected chi connectivity index (χ3v) is 3.57. The molecule has 0 aromatic carbocycles. The van der Waals surface area contributed by atoms with E-state index in [1.807, 2.05) is 0 Å². The van der Waals surface area contributed by atoms with Gasteiger partial charge in [-0.2, -0.15) is 0 Å². The number of hydrogen-bond acceptors (Lipinski definition) is 5. The highest BCUT2D eigenvalue weighted by Crippen LogP contribution is 2.07. The van der Waals surface area contributed by atoms with Crippen molar-refractivity contribution in [3.8, 4) is 0 Å². The fourth-order valence-corrected chi connectivity index (χ4v) is 2.23. The van der Waals surface area contributed by atoms with Gasteiger partial charge < -0.3 is 4.74 Å². The summed E-state index contributed by atoms with van der Waals surface area (Å²) in [5.74, 6) is -0.308. The topological polar surface area (TPSA) is 88.1 Å². The van der Waals surface area contributed by atoms with E-state index in [4.69, 9.17) is 4.74 Å². The lowest BCUT2D eigenvalue weighted by Crippen LogP contribution is -2.37. The van der Waals surface area contributed by atoms with Gasteiger partial charge in [-0.25, -0.2) is 9.78 Å². The second-order valence-electron chi connectivity index (χ2n) is 5.19. The van der Waals surface area contributed by atoms with Crippen LogP contribution >= 0.6 is 0 Å². The van der Waals surface area contributed by atoms with Crippen molar-refractivity contribution < 1.29 is 9.53 Å². The lowest BCUT2D eigenvalue weighted by atomic mass is 10.2. The van der Waals surface area contributed by atoms with E-state index in [1.54, 1.807) is 0 Å². The summed E-state index contributed by atoms with van der Waals surface area (Å²) in [6.45, 7) is 1.97. The Morgan fingerprint density at radius 3 is 2.57 bits per heavy atom. The maximum absolute atomic E-state index is 12.2. The van der Waals surface area contributed by atoms with Crippen LogP contribution in [0.1, 0.15) is 40.0 Å². The summed E-state index contributed by atoms with van der Waals surface area (Å²) >= 11 is 0. The second kappa shape index (κ2) is 7.75. The van der Waals surface area contributed by atoms with Crippen LogP contribution in [0.15, 0.2) is 15.9 Å². The van der Waals surface area contributed by atoms with E-state index in [1.165, 1.54) is 29.6 Å². The van der Waals surface area contributed by atoms with Gasteiger partial charge in [0, 0.05) is 20.5 Å². The van der Waals surface area contributed by atoms with Crippen LogP contribution in [0.4, 0.5) is 0 Å². The van der Waals surface area contributed by atoms with Crippen LogP contribution in [0, 0.1) is 0 Å². The molecule has 0 atom stereocenters. The molecular formula is C15H24N4O4. The molecular weight excluding hydrogens is 300 g/mol. The molecule has 0 aliphatic heterocycles. The molecule has 0 radical (unpaired) electrons. The highest BCUT2D eigenvalue weighted by Gasteiger charge is 2.14. The molecule has 2 rings (SSSR count). The molecule has 0 spiro atoms. The summed E-state index contributed by atoms with van der Waals surface area (Å²) in [6.07, 6.45) is 4.55. The van der Waals surface area contributed by atoms with Gasteiger partial charge in [0.15, 0.2) is 17.9 Å². The van der Waals surface area contributed by atoms with Gasteiger partial charge in [-0.05, 0) is 6.42 Å². The average molecular weight is 324 g/mol. The SMILES string of the molecule is C.CCCCCC(=O)OCn1cnc2c1c(=O)n(C)c(=O)n2C. The van der Waals surface area contributed by atoms with Crippen molar-refractivity contribution in [3.63, 3.8) is 0 Å². The normalized spacial score (nSPS) is 10.6. The lowest BCUT2D eigenvalue weighted by molar-refractivity contribution is -0.147. The number of aryl methyl sites for hydroxylation is 1. The first-order chi connectivity index (χ1) is 10.5. The minimum atomic E-state index is -0.461. The smallest absolute Gasteiger partial charge is 0.332 e. The van der Waals surface area contributed by atoms with Gasteiger partial charge in [0.05, 0.1) is 0 Å². The zero-order valence-electron chi connectivity index (χ0n) is 13.0. The third-order valence-electron chi connectivity index (χ3n) is 3.57. The maximum atomic E-state index is 12.2. The Labute approximate surface area is 134 Å². The first-order valence-electron chi connectivity index (χ1n) is 7.23. The van der Waals surface area contributed by atoms with Crippen molar-refractivity contribution >= 4 is 17.1 Å². The summed E-state index contributed by atoms with van der Waals surface area (Å²) < 4.78 is 8.89. The van der Waals surface area contributed by atoms with Crippen molar-refractivity contribution in [2.75, 3.05) is 0 Å². The number of hydrogen-bond donors (Lipinski definition) is 0. The zero-order chi connectivity index (χ0) is 16.3. The number of carbonyl (C=O) groups excluding carboxylic acids is 1. The number of nitrogens with zero attached hydrogens (tertiary/aromatic N) is 4.